The average molecular weight is 531 g/mol. The molecule has 3 aliphatic rings. The number of hydrogen-bond acceptors (Lipinski definition) is 10. The van der Waals surface area contributed by atoms with Gasteiger partial charge in [-0.25, -0.2) is 23.4 Å². The van der Waals surface area contributed by atoms with Crippen LogP contribution in [0.25, 0.3) is 21.5 Å². The zero-order chi connectivity index (χ0) is 24.9. The highest BCUT2D eigenvalue weighted by Crippen LogP contribution is 2.38. The largest absolute Gasteiger partial charge is 0.481 e. The number of nitrogens with zero attached hydrogens (tertiary/aromatic N) is 6. The highest BCUT2D eigenvalue weighted by Gasteiger charge is 2.39. The van der Waals surface area contributed by atoms with Crippen molar-refractivity contribution in [1.82, 2.24) is 24.2 Å². The molecular weight excluding hydrogens is 500 g/mol. The fourth-order valence-electron chi connectivity index (χ4n) is 5.43. The summed E-state index contributed by atoms with van der Waals surface area (Å²) in [6.07, 6.45) is 5.27. The van der Waals surface area contributed by atoms with Crippen molar-refractivity contribution in [2.45, 2.75) is 31.5 Å². The lowest BCUT2D eigenvalue weighted by molar-refractivity contribution is 0.0898. The summed E-state index contributed by atoms with van der Waals surface area (Å²) >= 11 is 1.65. The molecule has 0 saturated carbocycles. The molecule has 2 bridgehead atoms. The lowest BCUT2D eigenvalue weighted by atomic mass is 10.1. The summed E-state index contributed by atoms with van der Waals surface area (Å²) in [5, 5.41) is 2.17. The lowest BCUT2D eigenvalue weighted by Gasteiger charge is -2.35. The molecule has 12 heteroatoms. The summed E-state index contributed by atoms with van der Waals surface area (Å²) in [7, 11) is -1.54. The van der Waals surface area contributed by atoms with Crippen molar-refractivity contribution in [3.8, 4) is 17.1 Å². The van der Waals surface area contributed by atoms with Crippen LogP contribution in [0.1, 0.15) is 18.4 Å². The Bertz CT molecular complexity index is 1340. The number of rotatable bonds is 6. The Morgan fingerprint density at radius 1 is 1.11 bits per heavy atom. The molecule has 3 fully saturated rings. The highest BCUT2D eigenvalue weighted by molar-refractivity contribution is 7.88. The fourth-order valence-corrected chi connectivity index (χ4v) is 7.27. The van der Waals surface area contributed by atoms with Gasteiger partial charge in [0.1, 0.15) is 0 Å². The first-order valence-electron chi connectivity index (χ1n) is 12.2. The van der Waals surface area contributed by atoms with Crippen LogP contribution in [0.15, 0.2) is 23.7 Å². The number of pyridine rings is 1. The number of hydrogen-bond donors (Lipinski definition) is 0. The average Bonchev–Trinajstić information content (AvgIpc) is 3.39. The van der Waals surface area contributed by atoms with E-state index in [0.29, 0.717) is 57.4 Å². The van der Waals surface area contributed by atoms with Gasteiger partial charge in [0, 0.05) is 56.1 Å². The third-order valence-electron chi connectivity index (χ3n) is 7.36. The van der Waals surface area contributed by atoms with Crippen LogP contribution in [0.5, 0.6) is 5.88 Å². The molecule has 0 radical (unpaired) electrons. The quantitative estimate of drug-likeness (QED) is 0.475. The minimum Gasteiger partial charge on any atom is -0.481 e. The van der Waals surface area contributed by atoms with Gasteiger partial charge in [0.2, 0.25) is 21.9 Å². The van der Waals surface area contributed by atoms with E-state index in [9.17, 15) is 8.42 Å². The zero-order valence-corrected chi connectivity index (χ0v) is 22.1. The molecule has 2 unspecified atom stereocenters. The molecule has 0 amide bonds. The summed E-state index contributed by atoms with van der Waals surface area (Å²) < 4.78 is 37.5. The second kappa shape index (κ2) is 9.49. The third-order valence-corrected chi connectivity index (χ3v) is 9.69. The van der Waals surface area contributed by atoms with Gasteiger partial charge in [-0.3, -0.25) is 4.90 Å². The van der Waals surface area contributed by atoms with Crippen LogP contribution in [-0.4, -0.2) is 97.4 Å². The van der Waals surface area contributed by atoms with E-state index in [-0.39, 0.29) is 0 Å². The van der Waals surface area contributed by atoms with Crippen LogP contribution >= 0.6 is 11.3 Å². The molecule has 3 aromatic heterocycles. The van der Waals surface area contributed by atoms with Gasteiger partial charge in [-0.15, -0.1) is 11.3 Å². The van der Waals surface area contributed by atoms with Gasteiger partial charge in [0.25, 0.3) is 0 Å². The van der Waals surface area contributed by atoms with Gasteiger partial charge in [-0.1, -0.05) is 0 Å². The van der Waals surface area contributed by atoms with Crippen LogP contribution in [0.3, 0.4) is 0 Å². The van der Waals surface area contributed by atoms with E-state index in [1.165, 1.54) is 6.26 Å². The van der Waals surface area contributed by atoms with E-state index in [1.807, 2.05) is 18.3 Å². The monoisotopic (exact) mass is 530 g/mol. The molecule has 3 aliphatic heterocycles. The van der Waals surface area contributed by atoms with Crippen molar-refractivity contribution in [2.75, 3.05) is 57.7 Å². The maximum Gasteiger partial charge on any atom is 0.227 e. The fraction of sp³-hybridized carbons (Fsp3) is 0.542. The molecule has 6 rings (SSSR count). The second-order valence-corrected chi connectivity index (χ2v) is 12.5. The molecule has 10 nitrogen and oxygen atoms in total. The molecule has 0 aliphatic carbocycles. The van der Waals surface area contributed by atoms with Crippen molar-refractivity contribution < 1.29 is 17.9 Å². The molecule has 0 N–H and O–H groups in total. The van der Waals surface area contributed by atoms with Gasteiger partial charge >= 0.3 is 0 Å². The Morgan fingerprint density at radius 2 is 1.86 bits per heavy atom. The standard InChI is InChI=1S/C24H30N6O4S2/c1-33-20-6-3-16(11-25-20)21-23-22(27-24(26-21)30-18-4-5-19(30)14-34-13-18)17(15-35-23)12-28-7-9-29(10-8-28)36(2,31)32/h3,6,11,15,18-19H,4-5,7-10,12-14H2,1-2H3. The summed E-state index contributed by atoms with van der Waals surface area (Å²) in [6, 6.07) is 4.45. The Labute approximate surface area is 214 Å². The van der Waals surface area contributed by atoms with Gasteiger partial charge < -0.3 is 14.4 Å². The number of fused-ring (bicyclic) bond motifs is 3. The molecule has 6 heterocycles. The van der Waals surface area contributed by atoms with Crippen LogP contribution in [-0.2, 0) is 21.3 Å². The van der Waals surface area contributed by atoms with Crippen molar-refractivity contribution >= 4 is 37.5 Å². The first-order chi connectivity index (χ1) is 17.4. The van der Waals surface area contributed by atoms with Crippen molar-refractivity contribution in [1.29, 1.82) is 0 Å². The van der Waals surface area contributed by atoms with Crippen LogP contribution < -0.4 is 9.64 Å². The topological polar surface area (TPSA) is 101 Å². The normalized spacial score (nSPS) is 23.4. The molecule has 36 heavy (non-hydrogen) atoms. The van der Waals surface area contributed by atoms with Crippen LogP contribution in [0, 0.1) is 0 Å². The Hall–Kier alpha value is -2.38. The van der Waals surface area contributed by atoms with Gasteiger partial charge in [0.15, 0.2) is 0 Å². The zero-order valence-electron chi connectivity index (χ0n) is 20.5. The van der Waals surface area contributed by atoms with E-state index < -0.39 is 10.0 Å². The Balaban J connectivity index is 1.37. The third kappa shape index (κ3) is 4.45. The maximum atomic E-state index is 11.9. The second-order valence-electron chi connectivity index (χ2n) is 9.67. The first kappa shape index (κ1) is 24.0. The molecule has 3 aromatic rings. The molecule has 0 aromatic carbocycles. The van der Waals surface area contributed by atoms with E-state index in [0.717, 1.165) is 52.4 Å². The summed E-state index contributed by atoms with van der Waals surface area (Å²) in [5.41, 5.74) is 3.93. The van der Waals surface area contributed by atoms with E-state index in [4.69, 9.17) is 19.4 Å². The first-order valence-corrected chi connectivity index (χ1v) is 15.0. The number of aromatic nitrogens is 3. The number of methoxy groups -OCH3 is 1. The molecule has 192 valence electrons. The molecular formula is C24H30N6O4S2. The van der Waals surface area contributed by atoms with Crippen molar-refractivity contribution in [3.63, 3.8) is 0 Å². The maximum absolute atomic E-state index is 11.9. The number of anilines is 1. The number of thiophene rings is 1. The summed E-state index contributed by atoms with van der Waals surface area (Å²) in [4.78, 5) is 19.3. The van der Waals surface area contributed by atoms with E-state index >= 15 is 0 Å². The number of piperazine rings is 1. The molecule has 2 atom stereocenters. The molecule has 3 saturated heterocycles. The van der Waals surface area contributed by atoms with E-state index in [2.05, 4.69) is 20.2 Å². The Kier molecular flexibility index (Phi) is 6.32. The summed E-state index contributed by atoms with van der Waals surface area (Å²) in [6.45, 7) is 4.57. The van der Waals surface area contributed by atoms with Gasteiger partial charge in [-0.05, 0) is 24.3 Å². The number of morpholine rings is 1. The van der Waals surface area contributed by atoms with Crippen molar-refractivity contribution in [2.24, 2.45) is 0 Å². The number of sulfonamides is 1. The minimum atomic E-state index is -3.15. The van der Waals surface area contributed by atoms with E-state index in [1.54, 1.807) is 22.8 Å². The van der Waals surface area contributed by atoms with Gasteiger partial charge in [0.05, 0.1) is 54.6 Å². The number of ether oxygens (including phenoxy) is 2. The summed E-state index contributed by atoms with van der Waals surface area (Å²) in [5.74, 6) is 1.32. The lowest BCUT2D eigenvalue weighted by Crippen LogP contribution is -2.47. The van der Waals surface area contributed by atoms with Crippen LogP contribution in [0.2, 0.25) is 0 Å². The highest BCUT2D eigenvalue weighted by atomic mass is 32.2. The molecule has 0 spiro atoms. The smallest absolute Gasteiger partial charge is 0.227 e. The Morgan fingerprint density at radius 3 is 2.50 bits per heavy atom. The predicted molar refractivity (Wildman–Crippen MR) is 139 cm³/mol. The predicted octanol–water partition coefficient (Wildman–Crippen LogP) is 2.21. The van der Waals surface area contributed by atoms with Gasteiger partial charge in [-0.2, -0.15) is 4.31 Å². The SMILES string of the molecule is COc1ccc(-c2nc(N3C4CCC3COC4)nc3c(CN4CCN(S(C)(=O)=O)CC4)csc23)cn1. The minimum absolute atomic E-state index is 0.300. The van der Waals surface area contributed by atoms with Crippen LogP contribution in [0.4, 0.5) is 5.95 Å². The van der Waals surface area contributed by atoms with Crippen molar-refractivity contribution in [3.05, 3.63) is 29.3 Å².